The molecule has 0 saturated heterocycles. The van der Waals surface area contributed by atoms with Crippen LogP contribution in [-0.4, -0.2) is 34.3 Å². The number of hydrogen-bond donors (Lipinski definition) is 2. The van der Waals surface area contributed by atoms with Gasteiger partial charge in [-0.05, 0) is 79.7 Å². The molecule has 7 nitrogen and oxygen atoms in total. The number of nitrogens with one attached hydrogen (secondary N) is 2. The zero-order chi connectivity index (χ0) is 29.0. The number of hydrogen-bond acceptors (Lipinski definition) is 5. The summed E-state index contributed by atoms with van der Waals surface area (Å²) < 4.78 is 54.8. The number of amides is 1. The number of likely N-dealkylation sites (N-methyl/N-ethyl adjacent to an activating group) is 1. The second-order valence-electron chi connectivity index (χ2n) is 9.02. The van der Waals surface area contributed by atoms with Gasteiger partial charge in [-0.1, -0.05) is 12.1 Å². The molecular weight excluding hydrogens is 528 g/mol. The lowest BCUT2D eigenvalue weighted by atomic mass is 10.0. The van der Waals surface area contributed by atoms with Crippen LogP contribution in [0.2, 0.25) is 0 Å². The molecule has 0 aliphatic carbocycles. The molecule has 0 saturated carbocycles. The predicted molar refractivity (Wildman–Crippen MR) is 141 cm³/mol. The molecule has 2 N–H and O–H groups in total. The number of benzene rings is 2. The minimum atomic E-state index is -4.60. The topological polar surface area (TPSA) is 93.1 Å². The summed E-state index contributed by atoms with van der Waals surface area (Å²) in [5.41, 5.74) is -0.550. The Balaban J connectivity index is 1.78. The number of ketones is 1. The van der Waals surface area contributed by atoms with E-state index in [1.807, 2.05) is 0 Å². The number of carbonyl (C=O) groups excluding carboxylic acids is 2. The van der Waals surface area contributed by atoms with Crippen LogP contribution in [0.15, 0.2) is 83.9 Å². The summed E-state index contributed by atoms with van der Waals surface area (Å²) in [4.78, 5) is 43.0. The van der Waals surface area contributed by atoms with Gasteiger partial charge in [0.1, 0.15) is 11.5 Å². The molecule has 11 heteroatoms. The van der Waals surface area contributed by atoms with Crippen LogP contribution in [0, 0.1) is 5.82 Å². The second-order valence-corrected chi connectivity index (χ2v) is 9.02. The van der Waals surface area contributed by atoms with Crippen LogP contribution in [-0.2, 0) is 17.5 Å². The van der Waals surface area contributed by atoms with Crippen LogP contribution in [0.3, 0.4) is 0 Å². The number of carbonyl (C=O) groups is 2. The smallest absolute Gasteiger partial charge is 0.320 e. The van der Waals surface area contributed by atoms with Gasteiger partial charge in [-0.25, -0.2) is 4.39 Å². The van der Waals surface area contributed by atoms with Crippen LogP contribution < -0.4 is 16.2 Å². The molecule has 4 aromatic rings. The van der Waals surface area contributed by atoms with Crippen LogP contribution >= 0.6 is 0 Å². The third kappa shape index (κ3) is 6.32. The zero-order valence-electron chi connectivity index (χ0n) is 21.4. The van der Waals surface area contributed by atoms with Gasteiger partial charge in [0, 0.05) is 23.5 Å². The Bertz CT molecular complexity index is 1620. The van der Waals surface area contributed by atoms with E-state index < -0.39 is 40.8 Å². The van der Waals surface area contributed by atoms with E-state index in [-0.39, 0.29) is 34.6 Å². The first kappa shape index (κ1) is 28.4. The number of aromatic nitrogens is 2. The van der Waals surface area contributed by atoms with Crippen molar-refractivity contribution in [1.82, 2.24) is 14.9 Å². The normalized spacial score (nSPS) is 12.2. The molecule has 0 aliphatic rings. The average molecular weight is 553 g/mol. The third-order valence-corrected chi connectivity index (χ3v) is 6.25. The SMILES string of the molecule is CNC(C)C(=O)Nc1ccc(-c2cccc(C(F)(F)F)c2)n(Cc2cncc(C(=O)c3ccc(F)cc3)c2)c1=O. The van der Waals surface area contributed by atoms with Crippen molar-refractivity contribution in [2.24, 2.45) is 0 Å². The van der Waals surface area contributed by atoms with Crippen LogP contribution in [0.5, 0.6) is 0 Å². The predicted octanol–water partition coefficient (Wildman–Crippen LogP) is 4.89. The molecule has 40 heavy (non-hydrogen) atoms. The quantitative estimate of drug-likeness (QED) is 0.240. The summed E-state index contributed by atoms with van der Waals surface area (Å²) in [6.07, 6.45) is -1.86. The summed E-state index contributed by atoms with van der Waals surface area (Å²) in [6.45, 7) is 1.42. The Kier molecular flexibility index (Phi) is 8.24. The highest BCUT2D eigenvalue weighted by Crippen LogP contribution is 2.32. The van der Waals surface area contributed by atoms with Gasteiger partial charge in [-0.3, -0.25) is 19.4 Å². The fourth-order valence-corrected chi connectivity index (χ4v) is 3.96. The highest BCUT2D eigenvalue weighted by molar-refractivity contribution is 6.08. The lowest BCUT2D eigenvalue weighted by molar-refractivity contribution is -0.137. The van der Waals surface area contributed by atoms with Crippen molar-refractivity contribution in [1.29, 1.82) is 0 Å². The molecule has 0 fully saturated rings. The van der Waals surface area contributed by atoms with Crippen LogP contribution in [0.25, 0.3) is 11.3 Å². The summed E-state index contributed by atoms with van der Waals surface area (Å²) in [6, 6.07) is 13.2. The molecular formula is C29H24F4N4O3. The second kappa shape index (κ2) is 11.6. The molecule has 0 bridgehead atoms. The van der Waals surface area contributed by atoms with Crippen LogP contribution in [0.4, 0.5) is 23.2 Å². The van der Waals surface area contributed by atoms with Gasteiger partial charge >= 0.3 is 6.18 Å². The summed E-state index contributed by atoms with van der Waals surface area (Å²) >= 11 is 0. The largest absolute Gasteiger partial charge is 0.416 e. The highest BCUT2D eigenvalue weighted by Gasteiger charge is 2.30. The first-order valence-corrected chi connectivity index (χ1v) is 12.1. The Morgan fingerprint density at radius 2 is 1.70 bits per heavy atom. The van der Waals surface area contributed by atoms with E-state index in [1.54, 1.807) is 14.0 Å². The molecule has 0 spiro atoms. The standard InChI is InChI=1S/C29H24F4N4O3/c1-17(34-2)27(39)36-24-10-11-25(20-4-3-5-22(13-20)29(31,32)33)37(28(24)40)16-18-12-21(15-35-14-18)26(38)19-6-8-23(30)9-7-19/h3-15,17,34H,16H2,1-2H3,(H,36,39). The number of pyridine rings is 2. The average Bonchev–Trinajstić information content (AvgIpc) is 2.94. The minimum absolute atomic E-state index is 0.0747. The van der Waals surface area contributed by atoms with Crippen molar-refractivity contribution >= 4 is 17.4 Å². The fraction of sp³-hybridized carbons (Fsp3) is 0.172. The van der Waals surface area contributed by atoms with Gasteiger partial charge in [-0.15, -0.1) is 0 Å². The maximum atomic E-state index is 13.6. The molecule has 2 heterocycles. The molecule has 0 radical (unpaired) electrons. The van der Waals surface area contributed by atoms with E-state index in [0.29, 0.717) is 5.56 Å². The Hall–Kier alpha value is -4.64. The first-order valence-electron chi connectivity index (χ1n) is 12.1. The molecule has 2 aromatic heterocycles. The van der Waals surface area contributed by atoms with E-state index in [1.165, 1.54) is 59.4 Å². The van der Waals surface area contributed by atoms with Crippen molar-refractivity contribution in [3.05, 3.63) is 118 Å². The number of rotatable bonds is 8. The summed E-state index contributed by atoms with van der Waals surface area (Å²) in [7, 11) is 1.58. The van der Waals surface area contributed by atoms with Crippen molar-refractivity contribution in [3.8, 4) is 11.3 Å². The molecule has 1 amide bonds. The Labute approximate surface area is 226 Å². The maximum absolute atomic E-state index is 13.6. The van der Waals surface area contributed by atoms with E-state index in [4.69, 9.17) is 0 Å². The van der Waals surface area contributed by atoms with Gasteiger partial charge in [0.2, 0.25) is 5.91 Å². The lowest BCUT2D eigenvalue weighted by Crippen LogP contribution is -2.37. The van der Waals surface area contributed by atoms with Crippen molar-refractivity contribution in [3.63, 3.8) is 0 Å². The maximum Gasteiger partial charge on any atom is 0.416 e. The zero-order valence-corrected chi connectivity index (χ0v) is 21.4. The molecule has 0 aliphatic heterocycles. The van der Waals surface area contributed by atoms with Crippen LogP contribution in [0.1, 0.15) is 34.0 Å². The number of anilines is 1. The number of halogens is 4. The third-order valence-electron chi connectivity index (χ3n) is 6.25. The Morgan fingerprint density at radius 1 is 0.975 bits per heavy atom. The monoisotopic (exact) mass is 552 g/mol. The fourth-order valence-electron chi connectivity index (χ4n) is 3.96. The molecule has 1 atom stereocenters. The molecule has 2 aromatic carbocycles. The van der Waals surface area contributed by atoms with Gasteiger partial charge < -0.3 is 15.2 Å². The van der Waals surface area contributed by atoms with E-state index in [0.717, 1.165) is 24.3 Å². The molecule has 206 valence electrons. The molecule has 1 unspecified atom stereocenters. The summed E-state index contributed by atoms with van der Waals surface area (Å²) in [5.74, 6) is -1.41. The summed E-state index contributed by atoms with van der Waals surface area (Å²) in [5, 5.41) is 5.30. The van der Waals surface area contributed by atoms with E-state index >= 15 is 0 Å². The van der Waals surface area contributed by atoms with Gasteiger partial charge in [0.25, 0.3) is 5.56 Å². The van der Waals surface area contributed by atoms with Gasteiger partial charge in [0.05, 0.1) is 23.8 Å². The number of alkyl halides is 3. The highest BCUT2D eigenvalue weighted by atomic mass is 19.4. The van der Waals surface area contributed by atoms with Crippen molar-refractivity contribution in [2.75, 3.05) is 12.4 Å². The lowest BCUT2D eigenvalue weighted by Gasteiger charge is -2.18. The number of nitrogens with zero attached hydrogens (tertiary/aromatic N) is 2. The minimum Gasteiger partial charge on any atom is -0.320 e. The molecule has 4 rings (SSSR count). The Morgan fingerprint density at radius 3 is 2.38 bits per heavy atom. The van der Waals surface area contributed by atoms with E-state index in [9.17, 15) is 31.9 Å². The van der Waals surface area contributed by atoms with E-state index in [2.05, 4.69) is 15.6 Å². The van der Waals surface area contributed by atoms with Gasteiger partial charge in [-0.2, -0.15) is 13.2 Å². The van der Waals surface area contributed by atoms with Crippen molar-refractivity contribution < 1.29 is 27.2 Å². The first-order chi connectivity index (χ1) is 19.0. The van der Waals surface area contributed by atoms with Crippen molar-refractivity contribution in [2.45, 2.75) is 25.7 Å². The van der Waals surface area contributed by atoms with Gasteiger partial charge in [0.15, 0.2) is 5.78 Å².